The van der Waals surface area contributed by atoms with Gasteiger partial charge in [-0.3, -0.25) is 4.79 Å². The van der Waals surface area contributed by atoms with Gasteiger partial charge in [-0.15, -0.1) is 0 Å². The number of aliphatic hydroxyl groups is 9. The number of fused-ring (bicyclic) bond motifs is 7. The van der Waals surface area contributed by atoms with Crippen molar-refractivity contribution in [2.45, 2.75) is 205 Å². The zero-order valence-corrected chi connectivity index (χ0v) is 38.7. The Kier molecular flexibility index (Phi) is 13.1. The number of allylic oxidation sites excluding steroid dienone is 2. The summed E-state index contributed by atoms with van der Waals surface area (Å²) in [4.78, 5) is 26.9. The Hall–Kier alpha value is -1.88. The Morgan fingerprint density at radius 1 is 0.708 bits per heavy atom. The highest BCUT2D eigenvalue weighted by atomic mass is 16.8. The standard InChI is InChI=1S/C47H74O18/c1-42(2)14-16-47(41(59)65-39-34(56)30(52)29(51)24(19-48)61-39)17-15-45(6)21(22(47)18-42)8-9-26-44(5)12-11-27(43(3,4)25(44)10-13-46(26,45)7)62-40-36(32(54)31(53)35(63-40)37(57)58)64-38-33(55)28(50)23(49)20-60-38/h8,22-36,38-40,48-56H,9-20H2,1-7H3,(H,57,58)/t22-,23+,24+,25+,26-,27+,28+,29+,30-,31-,32-,33+,34+,35-,36-,38-,39-,40+,44-,45+,46+,47-/m1/s1. The van der Waals surface area contributed by atoms with E-state index in [2.05, 4.69) is 54.5 Å². The highest BCUT2D eigenvalue weighted by Gasteiger charge is 2.70. The number of hydrogen-bond acceptors (Lipinski definition) is 17. The lowest BCUT2D eigenvalue weighted by molar-refractivity contribution is -0.366. The smallest absolute Gasteiger partial charge is 0.335 e. The maximum atomic E-state index is 14.7. The van der Waals surface area contributed by atoms with Crippen LogP contribution >= 0.6 is 0 Å². The van der Waals surface area contributed by atoms with Gasteiger partial charge >= 0.3 is 11.9 Å². The molecule has 3 saturated heterocycles. The summed E-state index contributed by atoms with van der Waals surface area (Å²) < 4.78 is 35.5. The largest absolute Gasteiger partial charge is 0.479 e. The van der Waals surface area contributed by atoms with E-state index in [0.717, 1.165) is 44.9 Å². The molecule has 3 heterocycles. The summed E-state index contributed by atoms with van der Waals surface area (Å²) in [5.41, 5.74) is -0.900. The second-order valence-corrected chi connectivity index (χ2v) is 23.1. The summed E-state index contributed by atoms with van der Waals surface area (Å²) in [6.45, 7) is 14.9. The van der Waals surface area contributed by atoms with Gasteiger partial charge in [0.1, 0.15) is 61.0 Å². The molecular weight excluding hydrogens is 852 g/mol. The molecule has 0 unspecified atom stereocenters. The molecule has 8 aliphatic rings. The van der Waals surface area contributed by atoms with Crippen molar-refractivity contribution in [2.24, 2.45) is 50.2 Å². The molecule has 0 spiro atoms. The topological polar surface area (TPSA) is 292 Å². The van der Waals surface area contributed by atoms with Crippen LogP contribution in [-0.4, -0.2) is 168 Å². The Morgan fingerprint density at radius 3 is 2.06 bits per heavy atom. The summed E-state index contributed by atoms with van der Waals surface area (Å²) in [6, 6.07) is 0. The molecule has 22 atom stereocenters. The quantitative estimate of drug-likeness (QED) is 0.0918. The van der Waals surface area contributed by atoms with Gasteiger partial charge in [-0.2, -0.15) is 0 Å². The number of carbonyl (C=O) groups excluding carboxylic acids is 1. The number of rotatable bonds is 8. The molecule has 0 bridgehead atoms. The van der Waals surface area contributed by atoms with Crippen molar-refractivity contribution in [1.29, 1.82) is 0 Å². The van der Waals surface area contributed by atoms with Crippen LogP contribution in [0.2, 0.25) is 0 Å². The molecule has 7 fully saturated rings. The highest BCUT2D eigenvalue weighted by molar-refractivity contribution is 5.79. The summed E-state index contributed by atoms with van der Waals surface area (Å²) in [6.07, 6.45) is -13.7. The number of esters is 1. The van der Waals surface area contributed by atoms with E-state index >= 15 is 0 Å². The van der Waals surface area contributed by atoms with Gasteiger partial charge in [0, 0.05) is 0 Å². The predicted octanol–water partition coefficient (Wildman–Crippen LogP) is 0.872. The van der Waals surface area contributed by atoms with Crippen molar-refractivity contribution in [3.05, 3.63) is 11.6 Å². The molecule has 10 N–H and O–H groups in total. The van der Waals surface area contributed by atoms with E-state index in [0.29, 0.717) is 19.3 Å². The normalized spacial score (nSPS) is 52.7. The predicted molar refractivity (Wildman–Crippen MR) is 225 cm³/mol. The van der Waals surface area contributed by atoms with Crippen LogP contribution in [-0.2, 0) is 38.0 Å². The van der Waals surface area contributed by atoms with Crippen molar-refractivity contribution < 1.29 is 89.1 Å². The van der Waals surface area contributed by atoms with Gasteiger partial charge in [0.15, 0.2) is 18.7 Å². The Labute approximate surface area is 380 Å². The molecule has 0 amide bonds. The molecule has 18 nitrogen and oxygen atoms in total. The Balaban J connectivity index is 1.05. The van der Waals surface area contributed by atoms with E-state index in [4.69, 9.17) is 28.4 Å². The minimum Gasteiger partial charge on any atom is -0.479 e. The van der Waals surface area contributed by atoms with Gasteiger partial charge in [0.05, 0.1) is 24.7 Å². The van der Waals surface area contributed by atoms with Crippen LogP contribution in [0.5, 0.6) is 0 Å². The van der Waals surface area contributed by atoms with Crippen LogP contribution in [0.4, 0.5) is 0 Å². The van der Waals surface area contributed by atoms with Crippen molar-refractivity contribution in [2.75, 3.05) is 13.2 Å². The number of hydrogen-bond donors (Lipinski definition) is 10. The van der Waals surface area contributed by atoms with Gasteiger partial charge in [-0.25, -0.2) is 4.79 Å². The number of carboxylic acid groups (broad SMARTS) is 1. The van der Waals surface area contributed by atoms with Crippen molar-refractivity contribution >= 4 is 11.9 Å². The maximum Gasteiger partial charge on any atom is 0.335 e. The van der Waals surface area contributed by atoms with Gasteiger partial charge in [0.2, 0.25) is 6.29 Å². The summed E-state index contributed by atoms with van der Waals surface area (Å²) in [5.74, 6) is -1.83. The van der Waals surface area contributed by atoms with Crippen LogP contribution in [0.3, 0.4) is 0 Å². The summed E-state index contributed by atoms with van der Waals surface area (Å²) >= 11 is 0. The maximum absolute atomic E-state index is 14.7. The molecule has 65 heavy (non-hydrogen) atoms. The number of aliphatic carboxylic acids is 1. The molecule has 0 aromatic rings. The third-order valence-electron chi connectivity index (χ3n) is 18.9. The van der Waals surface area contributed by atoms with Gasteiger partial charge in [-0.05, 0) is 109 Å². The van der Waals surface area contributed by atoms with E-state index < -0.39 is 121 Å². The van der Waals surface area contributed by atoms with E-state index in [1.165, 1.54) is 5.57 Å². The minimum absolute atomic E-state index is 0.0713. The number of aliphatic hydroxyl groups excluding tert-OH is 9. The van der Waals surface area contributed by atoms with Crippen LogP contribution < -0.4 is 0 Å². The van der Waals surface area contributed by atoms with Crippen LogP contribution in [0, 0.1) is 50.2 Å². The second kappa shape index (κ2) is 17.2. The second-order valence-electron chi connectivity index (χ2n) is 23.1. The van der Waals surface area contributed by atoms with Crippen LogP contribution in [0.1, 0.15) is 113 Å². The number of ether oxygens (including phenoxy) is 6. The molecule has 5 aliphatic carbocycles. The summed E-state index contributed by atoms with van der Waals surface area (Å²) in [5, 5.41) is 105. The first kappa shape index (κ1) is 49.5. The average Bonchev–Trinajstić information content (AvgIpc) is 3.24. The zero-order chi connectivity index (χ0) is 47.6. The highest BCUT2D eigenvalue weighted by Crippen LogP contribution is 2.76. The molecule has 8 rings (SSSR count). The van der Waals surface area contributed by atoms with E-state index in [1.54, 1.807) is 0 Å². The van der Waals surface area contributed by atoms with E-state index in [1.807, 2.05) is 0 Å². The monoisotopic (exact) mass is 926 g/mol. The van der Waals surface area contributed by atoms with Crippen molar-refractivity contribution in [3.63, 3.8) is 0 Å². The fourth-order valence-electron chi connectivity index (χ4n) is 14.7. The lowest BCUT2D eigenvalue weighted by Gasteiger charge is -2.71. The Bertz CT molecular complexity index is 1820. The SMILES string of the molecule is CC1(C)CC[C@@]2(C(=O)O[C@H]3O[C@@H](CO)[C@H](O)[C@@H](O)[C@@H]3O)CC[C@@]3(C)C(=CC[C@@H]4[C@]5(C)CC[C@H](O[C@H]6O[C@@H](C(=O)O)[C@H](O)[C@@H](O)[C@H]6O[C@H]6OC[C@H](O)[C@H](O)[C@@H]6O)C(C)(C)[C@@H]5CC[C@@]43C)[C@H]2C1. The van der Waals surface area contributed by atoms with E-state index in [-0.39, 0.29) is 46.0 Å². The van der Waals surface area contributed by atoms with Crippen LogP contribution in [0.25, 0.3) is 0 Å². The molecule has 3 aliphatic heterocycles. The lowest BCUT2D eigenvalue weighted by Crippen LogP contribution is -2.67. The van der Waals surface area contributed by atoms with Crippen LogP contribution in [0.15, 0.2) is 11.6 Å². The molecule has 0 aromatic heterocycles. The molecular formula is C47H74O18. The zero-order valence-electron chi connectivity index (χ0n) is 38.7. The van der Waals surface area contributed by atoms with Gasteiger partial charge in [-0.1, -0.05) is 60.1 Å². The third kappa shape index (κ3) is 7.76. The molecule has 18 heteroatoms. The molecule has 4 saturated carbocycles. The average molecular weight is 927 g/mol. The van der Waals surface area contributed by atoms with Gasteiger partial charge in [0.25, 0.3) is 0 Å². The first-order chi connectivity index (χ1) is 30.3. The fraction of sp³-hybridized carbons (Fsp3) is 0.915. The third-order valence-corrected chi connectivity index (χ3v) is 18.9. The fourth-order valence-corrected chi connectivity index (χ4v) is 14.7. The summed E-state index contributed by atoms with van der Waals surface area (Å²) in [7, 11) is 0. The van der Waals surface area contributed by atoms with Gasteiger partial charge < -0.3 is 79.5 Å². The molecule has 0 radical (unpaired) electrons. The van der Waals surface area contributed by atoms with Crippen molar-refractivity contribution in [1.82, 2.24) is 0 Å². The number of carbonyl (C=O) groups is 2. The Morgan fingerprint density at radius 2 is 1.38 bits per heavy atom. The first-order valence-corrected chi connectivity index (χ1v) is 23.7. The lowest BCUT2D eigenvalue weighted by atomic mass is 9.33. The van der Waals surface area contributed by atoms with Crippen molar-refractivity contribution in [3.8, 4) is 0 Å². The minimum atomic E-state index is -1.92. The molecule has 370 valence electrons. The number of carboxylic acids is 1. The van der Waals surface area contributed by atoms with E-state index in [9.17, 15) is 60.7 Å². The molecule has 0 aromatic carbocycles. The first-order valence-electron chi connectivity index (χ1n) is 23.7.